The van der Waals surface area contributed by atoms with Gasteiger partial charge in [-0.15, -0.1) is 0 Å². The Morgan fingerprint density at radius 1 is 1.50 bits per heavy atom. The van der Waals surface area contributed by atoms with E-state index in [1.807, 2.05) is 14.1 Å². The summed E-state index contributed by atoms with van der Waals surface area (Å²) in [5.41, 5.74) is 5.52. The van der Waals surface area contributed by atoms with Crippen LogP contribution in [0.25, 0.3) is 0 Å². The van der Waals surface area contributed by atoms with Crippen LogP contribution in [0.5, 0.6) is 0 Å². The number of nitrogens with zero attached hydrogens (tertiary/aromatic N) is 1. The zero-order chi connectivity index (χ0) is 8.85. The molecule has 0 saturated carbocycles. The Kier molecular flexibility index (Phi) is 7.78. The van der Waals surface area contributed by atoms with Crippen LogP contribution in [0, 0.1) is 0 Å². The highest BCUT2D eigenvalue weighted by atomic mass is 16.1. The van der Waals surface area contributed by atoms with Crippen molar-refractivity contribution in [1.82, 2.24) is 4.90 Å². The van der Waals surface area contributed by atoms with Crippen molar-refractivity contribution in [3.8, 4) is 0 Å². The fourth-order valence-corrected chi connectivity index (χ4v) is 0.732. The maximum Gasteiger partial charge on any atom is 0.244 e. The van der Waals surface area contributed by atoms with Crippen molar-refractivity contribution in [2.24, 2.45) is 5.73 Å². The highest BCUT2D eigenvalue weighted by Gasteiger charge is 2.00. The molecule has 0 fully saturated rings. The van der Waals surface area contributed by atoms with E-state index in [0.717, 1.165) is 13.0 Å². The fraction of sp³-hybridized carbons (Fsp3) is 0.625. The van der Waals surface area contributed by atoms with Crippen LogP contribution in [0.15, 0.2) is 12.2 Å². The van der Waals surface area contributed by atoms with E-state index in [1.54, 1.807) is 0 Å². The predicted octanol–water partition coefficient (Wildman–Crippen LogP) is -0.455. The smallest absolute Gasteiger partial charge is 0.244 e. The van der Waals surface area contributed by atoms with Crippen molar-refractivity contribution in [3.63, 3.8) is 0 Å². The zero-order valence-corrected chi connectivity index (χ0v) is 7.76. The number of rotatable bonds is 5. The first-order chi connectivity index (χ1) is 5.04. The molecule has 12 heavy (non-hydrogen) atoms. The number of nitrogens with two attached hydrogens (primary N) is 1. The third-order valence-electron chi connectivity index (χ3n) is 1.43. The number of primary amides is 1. The third-order valence-corrected chi connectivity index (χ3v) is 1.43. The van der Waals surface area contributed by atoms with Crippen LogP contribution >= 0.6 is 0 Å². The van der Waals surface area contributed by atoms with Crippen molar-refractivity contribution in [1.29, 1.82) is 0 Å². The monoisotopic (exact) mass is 174 g/mol. The van der Waals surface area contributed by atoms with Gasteiger partial charge in [-0.3, -0.25) is 4.79 Å². The average molecular weight is 174 g/mol. The number of carbonyl (C=O) groups excluding carboxylic acids is 1. The summed E-state index contributed by atoms with van der Waals surface area (Å²) < 4.78 is 0. The van der Waals surface area contributed by atoms with E-state index in [1.165, 1.54) is 0 Å². The second-order valence-electron chi connectivity index (χ2n) is 2.87. The second-order valence-corrected chi connectivity index (χ2v) is 2.87. The molecule has 1 amide bonds. The minimum Gasteiger partial charge on any atom is -0.412 e. The maximum absolute atomic E-state index is 10.5. The quantitative estimate of drug-likeness (QED) is 0.573. The zero-order valence-electron chi connectivity index (χ0n) is 7.76. The lowest BCUT2D eigenvalue weighted by molar-refractivity contribution is -0.114. The van der Waals surface area contributed by atoms with Crippen LogP contribution in [0.2, 0.25) is 0 Å². The van der Waals surface area contributed by atoms with Gasteiger partial charge in [0.1, 0.15) is 0 Å². The van der Waals surface area contributed by atoms with E-state index < -0.39 is 0 Å². The molecular weight excluding hydrogens is 156 g/mol. The Morgan fingerprint density at radius 2 is 2.00 bits per heavy atom. The van der Waals surface area contributed by atoms with Crippen LogP contribution in [0.4, 0.5) is 0 Å². The van der Waals surface area contributed by atoms with E-state index in [-0.39, 0.29) is 11.4 Å². The first kappa shape index (κ1) is 13.7. The molecule has 4 nitrogen and oxygen atoms in total. The molecular formula is C8H18N2O2. The first-order valence-electron chi connectivity index (χ1n) is 3.66. The first-order valence-corrected chi connectivity index (χ1v) is 3.66. The van der Waals surface area contributed by atoms with E-state index in [0.29, 0.717) is 12.0 Å². The van der Waals surface area contributed by atoms with Gasteiger partial charge in [0, 0.05) is 5.57 Å². The molecule has 0 unspecified atom stereocenters. The van der Waals surface area contributed by atoms with Gasteiger partial charge in [-0.1, -0.05) is 6.58 Å². The van der Waals surface area contributed by atoms with E-state index in [2.05, 4.69) is 11.5 Å². The minimum atomic E-state index is -0.385. The van der Waals surface area contributed by atoms with E-state index in [4.69, 9.17) is 5.73 Å². The number of hydrogen-bond acceptors (Lipinski definition) is 2. The van der Waals surface area contributed by atoms with Gasteiger partial charge in [-0.2, -0.15) is 0 Å². The molecule has 0 aliphatic rings. The summed E-state index contributed by atoms with van der Waals surface area (Å²) in [6.45, 7) is 4.52. The van der Waals surface area contributed by atoms with Crippen LogP contribution in [0.3, 0.4) is 0 Å². The Hall–Kier alpha value is -0.870. The molecule has 0 rings (SSSR count). The summed E-state index contributed by atoms with van der Waals surface area (Å²) in [4.78, 5) is 12.5. The van der Waals surface area contributed by atoms with Crippen molar-refractivity contribution >= 4 is 5.91 Å². The second kappa shape index (κ2) is 6.82. The lowest BCUT2D eigenvalue weighted by Crippen LogP contribution is -2.16. The van der Waals surface area contributed by atoms with Crippen LogP contribution in [-0.4, -0.2) is 36.9 Å². The largest absolute Gasteiger partial charge is 0.412 e. The standard InChI is InChI=1S/C8H16N2O.H2O/c1-7(8(9)11)5-4-6-10(2)3;/h1,4-6H2,2-3H3,(H2,9,11);1H2. The molecule has 0 aliphatic carbocycles. The summed E-state index contributed by atoms with van der Waals surface area (Å²) in [6, 6.07) is 0. The van der Waals surface area contributed by atoms with Crippen LogP contribution in [0.1, 0.15) is 12.8 Å². The molecule has 0 aromatic carbocycles. The van der Waals surface area contributed by atoms with Gasteiger partial charge < -0.3 is 16.1 Å². The molecule has 4 N–H and O–H groups in total. The summed E-state index contributed by atoms with van der Waals surface area (Å²) in [7, 11) is 3.99. The van der Waals surface area contributed by atoms with Gasteiger partial charge in [0.2, 0.25) is 5.91 Å². The van der Waals surface area contributed by atoms with Crippen molar-refractivity contribution < 1.29 is 10.3 Å². The predicted molar refractivity (Wildman–Crippen MR) is 49.7 cm³/mol. The lowest BCUT2D eigenvalue weighted by atomic mass is 10.1. The van der Waals surface area contributed by atoms with Gasteiger partial charge in [-0.05, 0) is 33.5 Å². The number of hydrogen-bond donors (Lipinski definition) is 1. The molecule has 0 aromatic heterocycles. The van der Waals surface area contributed by atoms with Gasteiger partial charge in [0.25, 0.3) is 0 Å². The molecule has 4 heteroatoms. The lowest BCUT2D eigenvalue weighted by Gasteiger charge is -2.08. The van der Waals surface area contributed by atoms with Crippen LogP contribution in [-0.2, 0) is 4.79 Å². The summed E-state index contributed by atoms with van der Waals surface area (Å²) in [6.07, 6.45) is 1.64. The molecule has 0 aromatic rings. The topological polar surface area (TPSA) is 77.8 Å². The summed E-state index contributed by atoms with van der Waals surface area (Å²) in [5.74, 6) is -0.385. The Morgan fingerprint density at radius 3 is 2.33 bits per heavy atom. The molecule has 0 heterocycles. The average Bonchev–Trinajstić information content (AvgIpc) is 1.86. The van der Waals surface area contributed by atoms with Crippen LogP contribution < -0.4 is 5.73 Å². The molecule has 0 radical (unpaired) electrons. The van der Waals surface area contributed by atoms with Gasteiger partial charge in [0.15, 0.2) is 0 Å². The highest BCUT2D eigenvalue weighted by molar-refractivity contribution is 5.91. The van der Waals surface area contributed by atoms with E-state index in [9.17, 15) is 4.79 Å². The van der Waals surface area contributed by atoms with Crippen molar-refractivity contribution in [3.05, 3.63) is 12.2 Å². The normalized spacial score (nSPS) is 9.25. The molecule has 0 spiro atoms. The minimum absolute atomic E-state index is 0. The molecule has 72 valence electrons. The SMILES string of the molecule is C=C(CCCN(C)C)C(N)=O.O. The summed E-state index contributed by atoms with van der Waals surface area (Å²) >= 11 is 0. The fourth-order valence-electron chi connectivity index (χ4n) is 0.732. The number of amides is 1. The molecule has 0 bridgehead atoms. The van der Waals surface area contributed by atoms with Gasteiger partial charge in [0.05, 0.1) is 0 Å². The van der Waals surface area contributed by atoms with E-state index >= 15 is 0 Å². The molecule has 0 aliphatic heterocycles. The Labute approximate surface area is 73.3 Å². The van der Waals surface area contributed by atoms with Gasteiger partial charge in [-0.25, -0.2) is 0 Å². The number of carbonyl (C=O) groups is 1. The summed E-state index contributed by atoms with van der Waals surface area (Å²) in [5, 5.41) is 0. The van der Waals surface area contributed by atoms with Crippen molar-refractivity contribution in [2.45, 2.75) is 12.8 Å². The Balaban J connectivity index is 0. The van der Waals surface area contributed by atoms with Crippen molar-refractivity contribution in [2.75, 3.05) is 20.6 Å². The third kappa shape index (κ3) is 7.24. The highest BCUT2D eigenvalue weighted by Crippen LogP contribution is 2.00. The Bertz CT molecular complexity index is 155. The van der Waals surface area contributed by atoms with Gasteiger partial charge >= 0.3 is 0 Å². The maximum atomic E-state index is 10.5. The molecule has 0 atom stereocenters. The molecule has 0 saturated heterocycles.